The monoisotopic (exact) mass is 495 g/mol. The van der Waals surface area contributed by atoms with Crippen molar-refractivity contribution in [2.24, 2.45) is 0 Å². The van der Waals surface area contributed by atoms with E-state index in [4.69, 9.17) is 4.74 Å². The van der Waals surface area contributed by atoms with Crippen LogP contribution in [0.25, 0.3) is 17.0 Å². The number of aromatic amines is 1. The van der Waals surface area contributed by atoms with Crippen molar-refractivity contribution < 1.29 is 18.9 Å². The quantitative estimate of drug-likeness (QED) is 0.327. The molecule has 0 unspecified atom stereocenters. The lowest BCUT2D eigenvalue weighted by Crippen LogP contribution is -2.39. The highest BCUT2D eigenvalue weighted by molar-refractivity contribution is 6.53. The Morgan fingerprint density at radius 2 is 1.62 bits per heavy atom. The predicted octanol–water partition coefficient (Wildman–Crippen LogP) is 3.58. The molecular weight excluding hydrogens is 468 g/mol. The van der Waals surface area contributed by atoms with E-state index in [0.29, 0.717) is 29.2 Å². The molecule has 3 heterocycles. The molecule has 5 rings (SSSR count). The van der Waals surface area contributed by atoms with Crippen LogP contribution in [0.5, 0.6) is 5.75 Å². The third-order valence-electron chi connectivity index (χ3n) is 6.53. The fourth-order valence-electron chi connectivity index (χ4n) is 4.72. The zero-order valence-electron chi connectivity index (χ0n) is 21.1. The lowest BCUT2D eigenvalue weighted by Gasteiger charge is -2.14. The summed E-state index contributed by atoms with van der Waals surface area (Å²) in [5.74, 6) is -0.467. The third-order valence-corrected chi connectivity index (χ3v) is 6.53. The molecule has 1 aliphatic heterocycles. The summed E-state index contributed by atoms with van der Waals surface area (Å²) in [6.07, 6.45) is 3.85. The SMILES string of the molecule is CCc1[nH]n(-c2ccc(C)cc2C)c(=O)c1C1=C([n+]2ccccc2)C(=O)N(c2ccc(OC)cc2)C1=O. The summed E-state index contributed by atoms with van der Waals surface area (Å²) in [6, 6.07) is 17.8. The normalized spacial score (nSPS) is 13.6. The van der Waals surface area contributed by atoms with E-state index >= 15 is 0 Å². The molecule has 8 nitrogen and oxygen atoms in total. The molecule has 0 fully saturated rings. The second kappa shape index (κ2) is 9.39. The molecule has 0 bridgehead atoms. The van der Waals surface area contributed by atoms with Crippen molar-refractivity contribution >= 4 is 28.8 Å². The summed E-state index contributed by atoms with van der Waals surface area (Å²) in [4.78, 5) is 42.8. The van der Waals surface area contributed by atoms with Gasteiger partial charge in [0.05, 0.1) is 24.0 Å². The van der Waals surface area contributed by atoms with Gasteiger partial charge in [0.15, 0.2) is 12.4 Å². The summed E-state index contributed by atoms with van der Waals surface area (Å²) >= 11 is 0. The van der Waals surface area contributed by atoms with Gasteiger partial charge < -0.3 is 4.74 Å². The second-order valence-electron chi connectivity index (χ2n) is 8.90. The van der Waals surface area contributed by atoms with Gasteiger partial charge in [-0.2, -0.15) is 4.57 Å². The molecule has 2 amide bonds. The van der Waals surface area contributed by atoms with Crippen LogP contribution in [0.3, 0.4) is 0 Å². The molecule has 1 N–H and O–H groups in total. The number of rotatable bonds is 6. The summed E-state index contributed by atoms with van der Waals surface area (Å²) < 4.78 is 8.27. The maximum absolute atomic E-state index is 14.0. The number of aromatic nitrogens is 3. The van der Waals surface area contributed by atoms with Crippen molar-refractivity contribution in [1.82, 2.24) is 9.78 Å². The predicted molar refractivity (Wildman–Crippen MR) is 140 cm³/mol. The van der Waals surface area contributed by atoms with Crippen LogP contribution < -0.4 is 19.8 Å². The van der Waals surface area contributed by atoms with Crippen LogP contribution in [0.4, 0.5) is 5.69 Å². The number of nitrogens with zero attached hydrogens (tertiary/aromatic N) is 3. The van der Waals surface area contributed by atoms with Gasteiger partial charge in [-0.25, -0.2) is 9.58 Å². The zero-order valence-corrected chi connectivity index (χ0v) is 21.1. The Bertz CT molecular complexity index is 1610. The maximum Gasteiger partial charge on any atom is 0.331 e. The van der Waals surface area contributed by atoms with Gasteiger partial charge in [0, 0.05) is 17.8 Å². The largest absolute Gasteiger partial charge is 0.497 e. The van der Waals surface area contributed by atoms with Gasteiger partial charge in [-0.1, -0.05) is 30.7 Å². The Balaban J connectivity index is 1.75. The van der Waals surface area contributed by atoms with Crippen LogP contribution >= 0.6 is 0 Å². The van der Waals surface area contributed by atoms with Crippen molar-refractivity contribution in [2.75, 3.05) is 12.0 Å². The molecule has 4 aromatic rings. The van der Waals surface area contributed by atoms with Crippen LogP contribution in [0, 0.1) is 13.8 Å². The zero-order chi connectivity index (χ0) is 26.3. The molecule has 186 valence electrons. The molecule has 1 aliphatic rings. The van der Waals surface area contributed by atoms with E-state index in [1.165, 1.54) is 4.68 Å². The molecule has 0 saturated heterocycles. The third kappa shape index (κ3) is 3.96. The molecule has 0 spiro atoms. The number of amides is 2. The van der Waals surface area contributed by atoms with Crippen molar-refractivity contribution in [2.45, 2.75) is 27.2 Å². The van der Waals surface area contributed by atoms with E-state index in [1.54, 1.807) is 60.5 Å². The van der Waals surface area contributed by atoms with E-state index in [0.717, 1.165) is 16.0 Å². The number of imide groups is 1. The van der Waals surface area contributed by atoms with Gasteiger partial charge in [-0.3, -0.25) is 19.5 Å². The first-order valence-corrected chi connectivity index (χ1v) is 12.0. The number of methoxy groups -OCH3 is 1. The van der Waals surface area contributed by atoms with Crippen molar-refractivity contribution in [3.8, 4) is 11.4 Å². The van der Waals surface area contributed by atoms with Gasteiger partial charge in [-0.15, -0.1) is 0 Å². The fourth-order valence-corrected chi connectivity index (χ4v) is 4.72. The average molecular weight is 496 g/mol. The number of H-pyrrole nitrogens is 1. The highest BCUT2D eigenvalue weighted by Crippen LogP contribution is 2.34. The van der Waals surface area contributed by atoms with Crippen LogP contribution in [-0.4, -0.2) is 28.7 Å². The maximum atomic E-state index is 14.0. The lowest BCUT2D eigenvalue weighted by atomic mass is 10.0. The smallest absolute Gasteiger partial charge is 0.331 e. The molecule has 0 aliphatic carbocycles. The molecule has 2 aromatic heterocycles. The minimum absolute atomic E-state index is 0.0682. The van der Waals surface area contributed by atoms with E-state index < -0.39 is 11.8 Å². The van der Waals surface area contributed by atoms with E-state index in [1.807, 2.05) is 45.0 Å². The highest BCUT2D eigenvalue weighted by Gasteiger charge is 2.48. The standard InChI is InChI=1S/C29H26N4O4/c1-5-22-24(28(35)33(30-22)23-14-9-18(2)17-19(23)3)25-26(31-15-7-6-8-16-31)29(36)32(27(25)34)20-10-12-21(37-4)13-11-20/h6-17H,5H2,1-4H3/p+1. The number of carbonyl (C=O) groups is 2. The first-order chi connectivity index (χ1) is 17.8. The Morgan fingerprint density at radius 3 is 2.24 bits per heavy atom. The molecular formula is C29H27N4O4+. The van der Waals surface area contributed by atoms with Crippen molar-refractivity contribution in [3.05, 3.63) is 106 Å². The van der Waals surface area contributed by atoms with Crippen molar-refractivity contribution in [1.29, 1.82) is 0 Å². The van der Waals surface area contributed by atoms with Crippen molar-refractivity contribution in [3.63, 3.8) is 0 Å². The van der Waals surface area contributed by atoms with Gasteiger partial charge >= 0.3 is 5.91 Å². The molecule has 8 heteroatoms. The summed E-state index contributed by atoms with van der Waals surface area (Å²) in [7, 11) is 1.55. The summed E-state index contributed by atoms with van der Waals surface area (Å²) in [5, 5.41) is 3.19. The van der Waals surface area contributed by atoms with E-state index in [9.17, 15) is 14.4 Å². The number of aryl methyl sites for hydroxylation is 3. The number of hydrogen-bond donors (Lipinski definition) is 1. The first-order valence-electron chi connectivity index (χ1n) is 12.0. The fraction of sp³-hybridized carbons (Fsp3) is 0.172. The van der Waals surface area contributed by atoms with Gasteiger partial charge in [0.25, 0.3) is 17.2 Å². The molecule has 0 atom stereocenters. The Kier molecular flexibility index (Phi) is 6.09. The number of anilines is 1. The Hall–Kier alpha value is -4.72. The number of ether oxygens (including phenoxy) is 1. The van der Waals surface area contributed by atoms with Gasteiger partial charge in [0.1, 0.15) is 11.3 Å². The Labute approximate surface area is 214 Å². The summed E-state index contributed by atoms with van der Waals surface area (Å²) in [6.45, 7) is 5.82. The molecule has 2 aromatic carbocycles. The number of pyridine rings is 1. The van der Waals surface area contributed by atoms with E-state index in [2.05, 4.69) is 5.10 Å². The average Bonchev–Trinajstić information content (AvgIpc) is 3.36. The summed E-state index contributed by atoms with van der Waals surface area (Å²) in [5.41, 5.74) is 3.66. The molecule has 0 saturated carbocycles. The second-order valence-corrected chi connectivity index (χ2v) is 8.90. The highest BCUT2D eigenvalue weighted by atomic mass is 16.5. The number of hydrogen-bond acceptors (Lipinski definition) is 4. The van der Waals surface area contributed by atoms with E-state index in [-0.39, 0.29) is 22.4 Å². The number of benzene rings is 2. The molecule has 37 heavy (non-hydrogen) atoms. The minimum Gasteiger partial charge on any atom is -0.497 e. The molecule has 0 radical (unpaired) electrons. The van der Waals surface area contributed by atoms with Gasteiger partial charge in [0.2, 0.25) is 0 Å². The number of nitrogens with one attached hydrogen (secondary N) is 1. The van der Waals surface area contributed by atoms with Crippen LogP contribution in [0.15, 0.2) is 77.9 Å². The lowest BCUT2D eigenvalue weighted by molar-refractivity contribution is -0.576. The van der Waals surface area contributed by atoms with Crippen LogP contribution in [0.2, 0.25) is 0 Å². The first kappa shape index (κ1) is 24.0. The minimum atomic E-state index is -0.555. The number of carbonyl (C=O) groups excluding carboxylic acids is 2. The van der Waals surface area contributed by atoms with Crippen LogP contribution in [0.1, 0.15) is 29.3 Å². The van der Waals surface area contributed by atoms with Gasteiger partial charge in [-0.05, 0) is 56.2 Å². The Morgan fingerprint density at radius 1 is 0.919 bits per heavy atom. The topological polar surface area (TPSA) is 88.3 Å². The van der Waals surface area contributed by atoms with Crippen LogP contribution in [-0.2, 0) is 16.0 Å².